The Morgan fingerprint density at radius 3 is 1.80 bits per heavy atom. The summed E-state index contributed by atoms with van der Waals surface area (Å²) in [5.41, 5.74) is 12.0. The number of hydrogen-bond acceptors (Lipinski definition) is 28. The van der Waals surface area contributed by atoms with Gasteiger partial charge in [-0.05, 0) is 107 Å². The van der Waals surface area contributed by atoms with Crippen molar-refractivity contribution in [2.45, 2.75) is 237 Å². The Hall–Kier alpha value is -14.8. The number of aromatic amines is 1. The predicted molar refractivity (Wildman–Crippen MR) is 493 cm³/mol. The van der Waals surface area contributed by atoms with Crippen molar-refractivity contribution in [3.63, 3.8) is 0 Å². The van der Waals surface area contributed by atoms with E-state index in [1.54, 1.807) is 30.5 Å². The molecule has 0 saturated carbocycles. The lowest BCUT2D eigenvalue weighted by Gasteiger charge is -2.29. The van der Waals surface area contributed by atoms with Gasteiger partial charge in [0.25, 0.3) is 11.8 Å². The van der Waals surface area contributed by atoms with Crippen LogP contribution in [0.25, 0.3) is 10.9 Å². The van der Waals surface area contributed by atoms with E-state index < -0.39 is 301 Å². The second-order valence-electron chi connectivity index (χ2n) is 34.2. The van der Waals surface area contributed by atoms with Crippen LogP contribution in [0.4, 0.5) is 5.69 Å². The number of anilines is 1. The number of carbonyl (C=O) groups excluding carboxylic acids is 19. The summed E-state index contributed by atoms with van der Waals surface area (Å²) in [5.74, 6) is -33.5. The van der Waals surface area contributed by atoms with Gasteiger partial charge in [0.2, 0.25) is 65.0 Å². The quantitative estimate of drug-likeness (QED) is 0.00860. The first-order chi connectivity index (χ1) is 65.4. The van der Waals surface area contributed by atoms with Crippen LogP contribution >= 0.6 is 0 Å². The summed E-state index contributed by atoms with van der Waals surface area (Å²) in [6.07, 6.45) is -2.81. The number of Topliss-reactive ketones (excluding diaryl/α,β-unsaturated/α-hetero) is 5. The maximum absolute atomic E-state index is 15.1. The number of aromatic hydroxyl groups is 4. The molecule has 1 aliphatic rings. The van der Waals surface area contributed by atoms with E-state index in [0.29, 0.717) is 29.3 Å². The Morgan fingerprint density at radius 2 is 1.15 bits per heavy atom. The van der Waals surface area contributed by atoms with Gasteiger partial charge in [-0.15, -0.1) is 0 Å². The predicted octanol–water partition coefficient (Wildman–Crippen LogP) is 1.31. The number of ketones is 5. The third-order valence-corrected chi connectivity index (χ3v) is 23.1. The number of phenols is 4. The molecule has 0 aliphatic carbocycles. The number of aromatic nitrogens is 1. The minimum Gasteiger partial charge on any atom is -0.504 e. The summed E-state index contributed by atoms with van der Waals surface area (Å²) in [5, 5.41) is 98.8. The van der Waals surface area contributed by atoms with Gasteiger partial charge in [-0.3, -0.25) is 95.9 Å². The van der Waals surface area contributed by atoms with Crippen molar-refractivity contribution >= 4 is 140 Å². The van der Waals surface area contributed by atoms with Crippen LogP contribution in [0.3, 0.4) is 0 Å². The van der Waals surface area contributed by atoms with Crippen LogP contribution in [0.15, 0.2) is 91.1 Å². The highest BCUT2D eigenvalue weighted by atomic mass is 16.5. The van der Waals surface area contributed by atoms with E-state index in [9.17, 15) is 122 Å². The van der Waals surface area contributed by atoms with E-state index in [-0.39, 0.29) is 81.3 Å². The van der Waals surface area contributed by atoms with Gasteiger partial charge < -0.3 is 120 Å². The average Bonchev–Trinajstić information content (AvgIpc) is 1.74. The van der Waals surface area contributed by atoms with Gasteiger partial charge in [-0.2, -0.15) is 0 Å². The second-order valence-corrected chi connectivity index (χ2v) is 34.2. The maximum atomic E-state index is 15.1. The number of esters is 1. The fraction of sp³-hybridized carbons (Fsp3) is 0.500. The molecule has 0 radical (unpaired) electrons. The normalized spacial score (nSPS) is 19.7. The standard InChI is InChI=1S/C94H125N15O29/c1-7-8-9-10-11-12-13-34-77(119)104-67(39-56-45-98-64-30-19-16-25-58(56)64)91(134)106-66(44-76(96)118)74(116)40-55(41-81(124)125)88(131)108-82-54(6)138-94(137)68(43-72(114)59-26-15-17-29-63(59)95)107-90(133)62(50(2)38-80(122)123)42-75(117)69(49-110)105-79(121)46-99-86(129)52(4)102-87(130)53(5)101-85(128)51(3)37-73(115)65(103-78(120)47-100-92(82)135)31-18-14-24-57(111)48-109(93(136)61-28-23-33-71(113)84(61)127)36-21-20-35-97-89(132)60-27-22-32-70(112)83(60)126/h15-17,19,22-23,25-30,32-33,45,50-55,62,65-69,82,98,110,112-113,126-127H,7-14,18,20-21,24,31,34-44,46-49,95H2,1-6H3,(H2,96,118)(H,97,132)(H,99,129)(H,100,135)(H,101,128)(H,102,130)(H,103,120)(H,104,119)(H,105,121)(H,106,134)(H,107,133)(H,108,131)(H,122,123)(H,124,125)/t50?,51-,52+,53-,54-,55+,62+,65+,66-,67+,68+,69-,82+/m1/s1. The number of fused-ring (bicyclic) bond motifs is 1. The van der Waals surface area contributed by atoms with Crippen LogP contribution < -0.4 is 70.0 Å². The van der Waals surface area contributed by atoms with Gasteiger partial charge in [0.05, 0.1) is 68.2 Å². The molecule has 1 aliphatic heterocycles. The number of hydrogen-bond donors (Lipinski definition) is 21. The number of carboxylic acids is 2. The number of H-pyrrole nitrogens is 1. The number of nitrogens with one attached hydrogen (secondary N) is 12. The number of aliphatic hydroxyl groups is 1. The number of unbranched alkanes of at least 4 members (excludes halogenated alkanes) is 8. The molecule has 1 aromatic heterocycles. The van der Waals surface area contributed by atoms with Gasteiger partial charge in [-0.1, -0.05) is 108 Å². The van der Waals surface area contributed by atoms with E-state index in [1.165, 1.54) is 76.2 Å². The molecule has 5 aromatic rings. The highest BCUT2D eigenvalue weighted by molar-refractivity contribution is 6.06. The van der Waals surface area contributed by atoms with Gasteiger partial charge in [0.1, 0.15) is 42.4 Å². The van der Waals surface area contributed by atoms with Crippen molar-refractivity contribution in [1.82, 2.24) is 68.4 Å². The molecule has 0 bridgehead atoms. The van der Waals surface area contributed by atoms with Crippen LogP contribution in [0.5, 0.6) is 23.0 Å². The molecule has 13 atom stereocenters. The Bertz CT molecular complexity index is 5230. The molecule has 2 heterocycles. The minimum absolute atomic E-state index is 0.0157. The summed E-state index contributed by atoms with van der Waals surface area (Å²) in [6, 6.07) is 4.95. The van der Waals surface area contributed by atoms with E-state index >= 15 is 14.4 Å². The number of aliphatic hydroxyl groups excluding tert-OH is 1. The van der Waals surface area contributed by atoms with Crippen molar-refractivity contribution in [1.29, 1.82) is 0 Å². The fourth-order valence-electron chi connectivity index (χ4n) is 15.2. The number of nitrogens with two attached hydrogens (primary N) is 2. The van der Waals surface area contributed by atoms with E-state index in [1.807, 2.05) is 0 Å². The molecule has 750 valence electrons. The lowest BCUT2D eigenvalue weighted by atomic mass is 9.84. The number of cyclic esters (lactones) is 1. The number of rotatable bonds is 43. The largest absolute Gasteiger partial charge is 0.504 e. The summed E-state index contributed by atoms with van der Waals surface area (Å²) >= 11 is 0. The first-order valence-electron chi connectivity index (χ1n) is 45.5. The van der Waals surface area contributed by atoms with Crippen LogP contribution in [-0.2, 0) is 97.5 Å². The first kappa shape index (κ1) is 112. The monoisotopic (exact) mass is 1930 g/mol. The molecular formula is C94H125N15O29. The Balaban J connectivity index is 1.39. The SMILES string of the molecule is CCCCCCCCCC(=O)N[C@@H](Cc1c[nH]c2ccccc12)C(=O)N[C@H](CC(N)=O)C(=O)C[C@@H](CC(=O)O)C(=O)N[C@@H]1C(=O)NCC(=O)N[C@@H](CCCCC(=O)CN(CCCCNC(=O)c2cccc(O)c2O)C(=O)c2cccc(O)c2O)C(=O)C[C@@H](C)C(=O)N[C@H](C)C(=O)N[C@@H](C)C(=O)NCC(=O)N[C@H](CO)C(=O)C[C@@H](C(C)CC(=O)O)C(=O)N[C@@H](CC(=O)c2ccccc2N)C(=O)O[C@@H]1C. The molecule has 1 unspecified atom stereocenters. The molecule has 138 heavy (non-hydrogen) atoms. The van der Waals surface area contributed by atoms with Crippen molar-refractivity contribution in [2.75, 3.05) is 45.1 Å². The van der Waals surface area contributed by atoms with Gasteiger partial charge in [0, 0.05) is 105 Å². The molecule has 13 amide bonds. The number of carboxylic acid groups (broad SMARTS) is 2. The maximum Gasteiger partial charge on any atom is 0.329 e. The molecule has 44 nitrogen and oxygen atoms in total. The molecule has 6 rings (SSSR count). The first-order valence-corrected chi connectivity index (χ1v) is 45.5. The summed E-state index contributed by atoms with van der Waals surface area (Å²) < 4.78 is 5.82. The third kappa shape index (κ3) is 36.1. The highest BCUT2D eigenvalue weighted by Gasteiger charge is 2.42. The van der Waals surface area contributed by atoms with Crippen LogP contribution in [-0.4, -0.2) is 263 Å². The van der Waals surface area contributed by atoms with Gasteiger partial charge in [0.15, 0.2) is 51.9 Å². The van der Waals surface area contributed by atoms with Crippen molar-refractivity contribution in [3.05, 3.63) is 113 Å². The number of ether oxygens (including phenoxy) is 1. The van der Waals surface area contributed by atoms with E-state index in [2.05, 4.69) is 70.4 Å². The molecule has 1 saturated heterocycles. The number of nitrogen functional groups attached to an aromatic ring is 1. The highest BCUT2D eigenvalue weighted by Crippen LogP contribution is 2.32. The lowest BCUT2D eigenvalue weighted by molar-refractivity contribution is -0.156. The zero-order chi connectivity index (χ0) is 102. The van der Waals surface area contributed by atoms with Crippen LogP contribution in [0.2, 0.25) is 0 Å². The van der Waals surface area contributed by atoms with Crippen molar-refractivity contribution in [2.24, 2.45) is 29.4 Å². The van der Waals surface area contributed by atoms with Gasteiger partial charge in [-0.25, -0.2) is 4.79 Å². The molecule has 4 aromatic carbocycles. The summed E-state index contributed by atoms with van der Waals surface area (Å²) in [6.45, 7) is 3.64. The van der Waals surface area contributed by atoms with Crippen molar-refractivity contribution in [3.8, 4) is 23.0 Å². The van der Waals surface area contributed by atoms with Crippen LogP contribution in [0, 0.1) is 23.7 Å². The number of benzene rings is 4. The number of nitrogens with zero attached hydrogens (tertiary/aromatic N) is 1. The Kier molecular flexibility index (Phi) is 45.4. The second kappa shape index (κ2) is 55.9. The molecule has 44 heteroatoms. The lowest BCUT2D eigenvalue weighted by Crippen LogP contribution is -2.57. The Morgan fingerprint density at radius 1 is 0.565 bits per heavy atom. The number of phenolic OH excluding ortho intramolecular Hbond substituents is 4. The van der Waals surface area contributed by atoms with E-state index in [0.717, 1.165) is 56.1 Å². The van der Waals surface area contributed by atoms with Crippen molar-refractivity contribution < 1.29 is 141 Å². The third-order valence-electron chi connectivity index (χ3n) is 23.1. The summed E-state index contributed by atoms with van der Waals surface area (Å²) in [7, 11) is 0. The number of amides is 13. The molecular weight excluding hydrogens is 1800 g/mol. The fourth-order valence-corrected chi connectivity index (χ4v) is 15.2. The zero-order valence-corrected chi connectivity index (χ0v) is 77.7. The number of primary amides is 1. The molecule has 1 fully saturated rings. The van der Waals surface area contributed by atoms with Crippen LogP contribution in [0.1, 0.15) is 213 Å². The Labute approximate surface area is 794 Å². The minimum atomic E-state index is -2.42. The molecule has 0 spiro atoms. The zero-order valence-electron chi connectivity index (χ0n) is 77.7. The number of aliphatic carboxylic acids is 2. The average molecular weight is 1930 g/mol. The topological polar surface area (TPSA) is 713 Å². The summed E-state index contributed by atoms with van der Waals surface area (Å²) in [4.78, 5) is 298. The number of para-hydroxylation sites is 4. The number of carbonyl (C=O) groups is 21. The molecule has 23 N–H and O–H groups in total. The van der Waals surface area contributed by atoms with Gasteiger partial charge >= 0.3 is 17.9 Å². The smallest absolute Gasteiger partial charge is 0.329 e. The van der Waals surface area contributed by atoms with E-state index in [4.69, 9.17) is 16.2 Å².